The Morgan fingerprint density at radius 3 is 3.11 bits per heavy atom. The second-order valence-corrected chi connectivity index (χ2v) is 4.20. The molecule has 1 fully saturated rings. The molecular weight excluding hydrogens is 258 g/mol. The SMILES string of the molecule is O=[N+]([O-])N=C1NCCN1CCc1ccc(Cl)nc1. The topological polar surface area (TPSA) is 83.7 Å². The predicted molar refractivity (Wildman–Crippen MR) is 67.0 cm³/mol. The lowest BCUT2D eigenvalue weighted by molar-refractivity contribution is -0.485. The summed E-state index contributed by atoms with van der Waals surface area (Å²) in [5.41, 5.74) is 1.03. The Hall–Kier alpha value is -1.89. The molecule has 7 nitrogen and oxygen atoms in total. The molecular formula is C10H12ClN5O2. The van der Waals surface area contributed by atoms with Gasteiger partial charge in [-0.2, -0.15) is 0 Å². The summed E-state index contributed by atoms with van der Waals surface area (Å²) in [5.74, 6) is 0.321. The highest BCUT2D eigenvalue weighted by Gasteiger charge is 2.20. The Balaban J connectivity index is 1.93. The summed E-state index contributed by atoms with van der Waals surface area (Å²) in [4.78, 5) is 16.2. The van der Waals surface area contributed by atoms with Crippen molar-refractivity contribution < 1.29 is 5.03 Å². The average Bonchev–Trinajstić information content (AvgIpc) is 2.75. The molecule has 0 saturated carbocycles. The zero-order valence-electron chi connectivity index (χ0n) is 9.54. The van der Waals surface area contributed by atoms with Gasteiger partial charge in [-0.05, 0) is 18.1 Å². The molecule has 18 heavy (non-hydrogen) atoms. The van der Waals surface area contributed by atoms with Crippen molar-refractivity contribution in [2.75, 3.05) is 19.6 Å². The van der Waals surface area contributed by atoms with E-state index in [4.69, 9.17) is 11.6 Å². The van der Waals surface area contributed by atoms with Crippen LogP contribution < -0.4 is 5.32 Å². The van der Waals surface area contributed by atoms with Crippen LogP contribution in [-0.2, 0) is 6.42 Å². The zero-order chi connectivity index (χ0) is 13.0. The number of nitro groups is 1. The summed E-state index contributed by atoms with van der Waals surface area (Å²) in [7, 11) is 0. The van der Waals surface area contributed by atoms with E-state index in [1.807, 2.05) is 11.0 Å². The van der Waals surface area contributed by atoms with Crippen LogP contribution in [0.5, 0.6) is 0 Å². The molecule has 0 unspecified atom stereocenters. The summed E-state index contributed by atoms with van der Waals surface area (Å²) in [6, 6.07) is 3.62. The molecule has 0 radical (unpaired) electrons. The smallest absolute Gasteiger partial charge is 0.271 e. The molecule has 8 heteroatoms. The third-order valence-corrected chi connectivity index (χ3v) is 2.82. The summed E-state index contributed by atoms with van der Waals surface area (Å²) in [6.45, 7) is 2.04. The fraction of sp³-hybridized carbons (Fsp3) is 0.400. The van der Waals surface area contributed by atoms with E-state index in [0.717, 1.165) is 12.0 Å². The normalized spacial score (nSPS) is 16.9. The van der Waals surface area contributed by atoms with Gasteiger partial charge >= 0.3 is 0 Å². The first-order chi connectivity index (χ1) is 8.65. The van der Waals surface area contributed by atoms with Crippen LogP contribution in [0.4, 0.5) is 0 Å². The van der Waals surface area contributed by atoms with Crippen LogP contribution in [0.15, 0.2) is 23.4 Å². The van der Waals surface area contributed by atoms with Crippen LogP contribution in [-0.4, -0.2) is 40.5 Å². The number of hydrogen-bond donors (Lipinski definition) is 1. The van der Waals surface area contributed by atoms with Crippen molar-refractivity contribution in [1.82, 2.24) is 15.2 Å². The maximum atomic E-state index is 10.3. The van der Waals surface area contributed by atoms with Gasteiger partial charge in [0.05, 0.1) is 0 Å². The van der Waals surface area contributed by atoms with E-state index in [9.17, 15) is 10.1 Å². The molecule has 2 heterocycles. The Morgan fingerprint density at radius 1 is 1.61 bits per heavy atom. The van der Waals surface area contributed by atoms with Crippen LogP contribution >= 0.6 is 11.6 Å². The quantitative estimate of drug-likeness (QED) is 0.495. The van der Waals surface area contributed by atoms with Gasteiger partial charge in [0, 0.05) is 25.8 Å². The Morgan fingerprint density at radius 2 is 2.44 bits per heavy atom. The molecule has 0 bridgehead atoms. The van der Waals surface area contributed by atoms with Crippen molar-refractivity contribution in [3.63, 3.8) is 0 Å². The predicted octanol–water partition coefficient (Wildman–Crippen LogP) is 0.730. The van der Waals surface area contributed by atoms with Gasteiger partial charge in [-0.3, -0.25) is 0 Å². The lowest BCUT2D eigenvalue weighted by Gasteiger charge is -2.14. The number of halogens is 1. The third-order valence-electron chi connectivity index (χ3n) is 2.60. The summed E-state index contributed by atoms with van der Waals surface area (Å²) < 4.78 is 0. The molecule has 1 aromatic heterocycles. The van der Waals surface area contributed by atoms with Gasteiger partial charge in [-0.15, -0.1) is 0 Å². The highest BCUT2D eigenvalue weighted by molar-refractivity contribution is 6.29. The van der Waals surface area contributed by atoms with Crippen molar-refractivity contribution in [1.29, 1.82) is 0 Å². The highest BCUT2D eigenvalue weighted by atomic mass is 35.5. The van der Waals surface area contributed by atoms with Gasteiger partial charge in [0.1, 0.15) is 10.3 Å². The zero-order valence-corrected chi connectivity index (χ0v) is 10.3. The molecule has 1 saturated heterocycles. The molecule has 96 valence electrons. The second-order valence-electron chi connectivity index (χ2n) is 3.81. The molecule has 0 spiro atoms. The molecule has 1 N–H and O–H groups in total. The molecule has 1 aliphatic heterocycles. The number of hydrazone groups is 1. The van der Waals surface area contributed by atoms with Gasteiger partial charge in [0.25, 0.3) is 5.96 Å². The minimum Gasteiger partial charge on any atom is -0.349 e. The second kappa shape index (κ2) is 5.63. The van der Waals surface area contributed by atoms with Gasteiger partial charge in [-0.1, -0.05) is 17.7 Å². The number of pyridine rings is 1. The van der Waals surface area contributed by atoms with Crippen molar-refractivity contribution in [2.24, 2.45) is 5.10 Å². The van der Waals surface area contributed by atoms with Crippen molar-refractivity contribution in [3.05, 3.63) is 39.2 Å². The number of nitrogens with zero attached hydrogens (tertiary/aromatic N) is 4. The minimum atomic E-state index is -0.690. The van der Waals surface area contributed by atoms with Crippen LogP contribution in [0.1, 0.15) is 5.56 Å². The largest absolute Gasteiger partial charge is 0.349 e. The highest BCUT2D eigenvalue weighted by Crippen LogP contribution is 2.07. The van der Waals surface area contributed by atoms with Crippen molar-refractivity contribution in [2.45, 2.75) is 6.42 Å². The fourth-order valence-corrected chi connectivity index (χ4v) is 1.84. The Kier molecular flexibility index (Phi) is 3.93. The van der Waals surface area contributed by atoms with Crippen molar-refractivity contribution in [3.8, 4) is 0 Å². The number of rotatable bonds is 4. The van der Waals surface area contributed by atoms with Gasteiger partial charge < -0.3 is 10.2 Å². The van der Waals surface area contributed by atoms with Crippen LogP contribution in [0, 0.1) is 10.1 Å². The fourth-order valence-electron chi connectivity index (χ4n) is 1.73. The van der Waals surface area contributed by atoms with E-state index >= 15 is 0 Å². The monoisotopic (exact) mass is 269 g/mol. The number of hydrogen-bond acceptors (Lipinski definition) is 3. The van der Waals surface area contributed by atoms with Gasteiger partial charge in [0.15, 0.2) is 5.03 Å². The van der Waals surface area contributed by atoms with Crippen molar-refractivity contribution >= 4 is 17.6 Å². The lowest BCUT2D eigenvalue weighted by atomic mass is 10.2. The van der Waals surface area contributed by atoms with E-state index in [-0.39, 0.29) is 0 Å². The van der Waals surface area contributed by atoms with Gasteiger partial charge in [0.2, 0.25) is 0 Å². The lowest BCUT2D eigenvalue weighted by Crippen LogP contribution is -2.32. The maximum Gasteiger partial charge on any atom is 0.271 e. The summed E-state index contributed by atoms with van der Waals surface area (Å²) >= 11 is 5.69. The van der Waals surface area contributed by atoms with Gasteiger partial charge in [-0.25, -0.2) is 15.1 Å². The van der Waals surface area contributed by atoms with Crippen LogP contribution in [0.25, 0.3) is 0 Å². The third kappa shape index (κ3) is 3.30. The summed E-state index contributed by atoms with van der Waals surface area (Å²) in [6.07, 6.45) is 2.44. The van der Waals surface area contributed by atoms with Crippen LogP contribution in [0.3, 0.4) is 0 Å². The van der Waals surface area contributed by atoms with E-state index < -0.39 is 5.03 Å². The first-order valence-corrected chi connectivity index (χ1v) is 5.85. The molecule has 0 aliphatic carbocycles. The number of aromatic nitrogens is 1. The molecule has 0 amide bonds. The molecule has 0 atom stereocenters. The average molecular weight is 270 g/mol. The number of nitrogens with one attached hydrogen (secondary N) is 1. The first-order valence-electron chi connectivity index (χ1n) is 5.47. The molecule has 0 aromatic carbocycles. The van der Waals surface area contributed by atoms with Crippen LogP contribution in [0.2, 0.25) is 5.15 Å². The Labute approximate surface area is 109 Å². The van der Waals surface area contributed by atoms with E-state index in [1.54, 1.807) is 12.3 Å². The molecule has 1 aromatic rings. The molecule has 2 rings (SSSR count). The maximum absolute atomic E-state index is 10.3. The first kappa shape index (κ1) is 12.6. The Bertz CT molecular complexity index is 462. The van der Waals surface area contributed by atoms with E-state index in [2.05, 4.69) is 15.4 Å². The number of guanidine groups is 1. The molecule has 1 aliphatic rings. The summed E-state index contributed by atoms with van der Waals surface area (Å²) in [5, 5.41) is 16.3. The standard InChI is InChI=1S/C10H12ClN5O2/c11-9-2-1-8(7-13-9)3-5-15-6-4-12-10(15)14-16(17)18/h1-2,7H,3-6H2,(H,12,14). The van der Waals surface area contributed by atoms with E-state index in [1.165, 1.54) is 0 Å². The van der Waals surface area contributed by atoms with E-state index in [0.29, 0.717) is 30.7 Å². The minimum absolute atomic E-state index is 0.321.